The molecule has 2 N–H and O–H groups in total. The zero-order chi connectivity index (χ0) is 17.6. The number of nitrogens with zero attached hydrogens (tertiary/aromatic N) is 2. The van der Waals surface area contributed by atoms with Gasteiger partial charge in [-0.25, -0.2) is 9.78 Å². The van der Waals surface area contributed by atoms with E-state index in [2.05, 4.69) is 15.6 Å². The van der Waals surface area contributed by atoms with E-state index in [9.17, 15) is 9.59 Å². The molecule has 132 valence electrons. The zero-order valence-electron chi connectivity index (χ0n) is 14.5. The number of rotatable bonds is 5. The Bertz CT molecular complexity index is 794. The molecule has 1 saturated carbocycles. The lowest BCUT2D eigenvalue weighted by molar-refractivity contribution is 0.251. The summed E-state index contributed by atoms with van der Waals surface area (Å²) in [6.45, 7) is 2.73. The van der Waals surface area contributed by atoms with Gasteiger partial charge in [0.2, 0.25) is 0 Å². The van der Waals surface area contributed by atoms with Crippen LogP contribution in [0, 0.1) is 6.92 Å². The van der Waals surface area contributed by atoms with Crippen molar-refractivity contribution in [3.8, 4) is 0 Å². The summed E-state index contributed by atoms with van der Waals surface area (Å²) in [6, 6.07) is 8.95. The Kier molecular flexibility index (Phi) is 5.48. The maximum Gasteiger partial charge on any atom is 0.319 e. The van der Waals surface area contributed by atoms with E-state index < -0.39 is 0 Å². The van der Waals surface area contributed by atoms with Gasteiger partial charge in [-0.3, -0.25) is 9.36 Å². The lowest BCUT2D eigenvalue weighted by Crippen LogP contribution is -2.33. The molecular weight excluding hydrogens is 316 g/mol. The quantitative estimate of drug-likeness (QED) is 0.878. The number of hydrogen-bond donors (Lipinski definition) is 2. The predicted molar refractivity (Wildman–Crippen MR) is 97.9 cm³/mol. The van der Waals surface area contributed by atoms with Crippen LogP contribution >= 0.6 is 0 Å². The van der Waals surface area contributed by atoms with Crippen molar-refractivity contribution in [3.63, 3.8) is 0 Å². The van der Waals surface area contributed by atoms with Crippen molar-refractivity contribution in [1.29, 1.82) is 0 Å². The number of urea groups is 1. The molecule has 3 rings (SSSR count). The average molecular weight is 340 g/mol. The fourth-order valence-electron chi connectivity index (χ4n) is 3.24. The maximum atomic E-state index is 12.2. The van der Waals surface area contributed by atoms with Gasteiger partial charge in [0, 0.05) is 30.8 Å². The van der Waals surface area contributed by atoms with Gasteiger partial charge in [0.15, 0.2) is 0 Å². The highest BCUT2D eigenvalue weighted by Crippen LogP contribution is 2.32. The van der Waals surface area contributed by atoms with E-state index in [-0.39, 0.29) is 11.6 Å². The van der Waals surface area contributed by atoms with E-state index in [1.165, 1.54) is 17.4 Å². The van der Waals surface area contributed by atoms with Crippen molar-refractivity contribution < 1.29 is 4.79 Å². The minimum absolute atomic E-state index is 0.0576. The van der Waals surface area contributed by atoms with Crippen molar-refractivity contribution in [2.24, 2.45) is 0 Å². The summed E-state index contributed by atoms with van der Waals surface area (Å²) < 4.78 is 1.53. The van der Waals surface area contributed by atoms with Crippen molar-refractivity contribution in [2.45, 2.75) is 45.1 Å². The van der Waals surface area contributed by atoms with Crippen LogP contribution in [0.2, 0.25) is 0 Å². The average Bonchev–Trinajstić information content (AvgIpc) is 3.11. The van der Waals surface area contributed by atoms with Gasteiger partial charge in [0.25, 0.3) is 5.56 Å². The third kappa shape index (κ3) is 4.68. The normalized spacial score (nSPS) is 14.4. The summed E-state index contributed by atoms with van der Waals surface area (Å²) in [5.74, 6) is 0.431. The highest BCUT2D eigenvalue weighted by atomic mass is 16.2. The number of benzene rings is 1. The van der Waals surface area contributed by atoms with Crippen molar-refractivity contribution >= 4 is 11.7 Å². The van der Waals surface area contributed by atoms with Gasteiger partial charge in [0.1, 0.15) is 0 Å². The first-order valence-electron chi connectivity index (χ1n) is 8.80. The van der Waals surface area contributed by atoms with E-state index >= 15 is 0 Å². The molecule has 0 radical (unpaired) electrons. The third-order valence-corrected chi connectivity index (χ3v) is 4.59. The fraction of sp³-hybridized carbons (Fsp3) is 0.421. The summed E-state index contributed by atoms with van der Waals surface area (Å²) in [5, 5.41) is 5.54. The first kappa shape index (κ1) is 17.2. The number of aryl methyl sites for hydroxylation is 1. The third-order valence-electron chi connectivity index (χ3n) is 4.59. The van der Waals surface area contributed by atoms with Crippen LogP contribution in [0.1, 0.15) is 42.9 Å². The Morgan fingerprint density at radius 3 is 2.80 bits per heavy atom. The first-order valence-corrected chi connectivity index (χ1v) is 8.80. The SMILES string of the molecule is Cc1cccc(NC(=O)NCCn2cnc(C3CCCC3)cc2=O)c1. The van der Waals surface area contributed by atoms with Gasteiger partial charge >= 0.3 is 6.03 Å². The van der Waals surface area contributed by atoms with Gasteiger partial charge in [-0.15, -0.1) is 0 Å². The summed E-state index contributed by atoms with van der Waals surface area (Å²) in [6.07, 6.45) is 6.27. The number of carbonyl (C=O) groups excluding carboxylic acids is 1. The summed E-state index contributed by atoms with van der Waals surface area (Å²) in [7, 11) is 0. The molecule has 25 heavy (non-hydrogen) atoms. The van der Waals surface area contributed by atoms with Gasteiger partial charge < -0.3 is 10.6 Å². The summed E-state index contributed by atoms with van der Waals surface area (Å²) in [5.41, 5.74) is 2.68. The van der Waals surface area contributed by atoms with Crippen LogP contribution in [0.15, 0.2) is 41.5 Å². The Balaban J connectivity index is 1.50. The number of hydrogen-bond acceptors (Lipinski definition) is 3. The van der Waals surface area contributed by atoms with E-state index in [1.807, 2.05) is 31.2 Å². The molecule has 0 bridgehead atoms. The molecule has 0 atom stereocenters. The molecule has 1 aromatic carbocycles. The minimum atomic E-state index is -0.283. The number of carbonyl (C=O) groups is 1. The van der Waals surface area contributed by atoms with E-state index in [0.717, 1.165) is 29.8 Å². The highest BCUT2D eigenvalue weighted by molar-refractivity contribution is 5.89. The molecule has 0 aliphatic heterocycles. The second-order valence-corrected chi connectivity index (χ2v) is 6.58. The maximum absolute atomic E-state index is 12.2. The Labute approximate surface area is 147 Å². The van der Waals surface area contributed by atoms with Crippen LogP contribution < -0.4 is 16.2 Å². The van der Waals surface area contributed by atoms with E-state index in [0.29, 0.717) is 19.0 Å². The lowest BCUT2D eigenvalue weighted by atomic mass is 10.0. The Morgan fingerprint density at radius 2 is 2.08 bits per heavy atom. The zero-order valence-corrected chi connectivity index (χ0v) is 14.5. The van der Waals surface area contributed by atoms with Crippen LogP contribution in [-0.2, 0) is 6.54 Å². The second-order valence-electron chi connectivity index (χ2n) is 6.58. The van der Waals surface area contributed by atoms with Gasteiger partial charge in [-0.1, -0.05) is 25.0 Å². The lowest BCUT2D eigenvalue weighted by Gasteiger charge is -2.11. The van der Waals surface area contributed by atoms with Crippen molar-refractivity contribution in [1.82, 2.24) is 14.9 Å². The second kappa shape index (κ2) is 7.96. The fourth-order valence-corrected chi connectivity index (χ4v) is 3.24. The van der Waals surface area contributed by atoms with E-state index in [1.54, 1.807) is 12.4 Å². The molecular formula is C19H24N4O2. The smallest absolute Gasteiger partial charge is 0.319 e. The summed E-state index contributed by atoms with van der Waals surface area (Å²) in [4.78, 5) is 28.5. The number of aromatic nitrogens is 2. The Morgan fingerprint density at radius 1 is 1.28 bits per heavy atom. The minimum Gasteiger partial charge on any atom is -0.336 e. The first-order chi connectivity index (χ1) is 12.1. The monoisotopic (exact) mass is 340 g/mol. The molecule has 1 aliphatic carbocycles. The van der Waals surface area contributed by atoms with Crippen LogP contribution in [0.5, 0.6) is 0 Å². The molecule has 1 fully saturated rings. The Hall–Kier alpha value is -2.63. The highest BCUT2D eigenvalue weighted by Gasteiger charge is 2.18. The molecule has 6 heteroatoms. The molecule has 1 aromatic heterocycles. The van der Waals surface area contributed by atoms with E-state index in [4.69, 9.17) is 0 Å². The predicted octanol–water partition coefficient (Wildman–Crippen LogP) is 3.03. The molecule has 2 aromatic rings. The van der Waals surface area contributed by atoms with Crippen LogP contribution in [0.4, 0.5) is 10.5 Å². The molecule has 0 saturated heterocycles. The van der Waals surface area contributed by atoms with Crippen molar-refractivity contribution in [2.75, 3.05) is 11.9 Å². The topological polar surface area (TPSA) is 76.0 Å². The van der Waals surface area contributed by atoms with Crippen molar-refractivity contribution in [3.05, 3.63) is 58.3 Å². The largest absolute Gasteiger partial charge is 0.336 e. The van der Waals surface area contributed by atoms with Gasteiger partial charge in [-0.05, 0) is 37.5 Å². The number of amides is 2. The molecule has 2 amide bonds. The van der Waals surface area contributed by atoms with Crippen LogP contribution in [0.25, 0.3) is 0 Å². The number of nitrogens with one attached hydrogen (secondary N) is 2. The van der Waals surface area contributed by atoms with Crippen LogP contribution in [-0.4, -0.2) is 22.1 Å². The van der Waals surface area contributed by atoms with Crippen LogP contribution in [0.3, 0.4) is 0 Å². The van der Waals surface area contributed by atoms with Gasteiger partial charge in [-0.2, -0.15) is 0 Å². The molecule has 0 spiro atoms. The molecule has 6 nitrogen and oxygen atoms in total. The number of anilines is 1. The molecule has 0 unspecified atom stereocenters. The molecule has 1 aliphatic rings. The summed E-state index contributed by atoms with van der Waals surface area (Å²) >= 11 is 0. The van der Waals surface area contributed by atoms with Gasteiger partial charge in [0.05, 0.1) is 12.0 Å². The molecule has 1 heterocycles. The standard InChI is InChI=1S/C19H24N4O2/c1-14-5-4-8-16(11-14)22-19(25)20-9-10-23-13-21-17(12-18(23)24)15-6-2-3-7-15/h4-5,8,11-13,15H,2-3,6-7,9-10H2,1H3,(H2,20,22,25).